The van der Waals surface area contributed by atoms with E-state index in [9.17, 15) is 14.4 Å². The first kappa shape index (κ1) is 15.0. The molecule has 6 heteroatoms. The lowest BCUT2D eigenvalue weighted by Gasteiger charge is -2.33. The Labute approximate surface area is 122 Å². The number of likely N-dealkylation sites (tertiary alicyclic amines) is 1. The summed E-state index contributed by atoms with van der Waals surface area (Å²) in [6.07, 6.45) is 1.66. The summed E-state index contributed by atoms with van der Waals surface area (Å²) >= 11 is 0. The highest BCUT2D eigenvalue weighted by Crippen LogP contribution is 2.15. The van der Waals surface area contributed by atoms with E-state index in [1.54, 1.807) is 17.0 Å². The summed E-state index contributed by atoms with van der Waals surface area (Å²) in [6.45, 7) is 2.53. The number of nitrogens with one attached hydrogen (secondary N) is 1. The number of rotatable bonds is 3. The minimum atomic E-state index is -1.06. The number of carboxylic acids is 1. The molecule has 1 aliphatic rings. The van der Waals surface area contributed by atoms with Crippen molar-refractivity contribution in [1.82, 2.24) is 10.2 Å². The van der Waals surface area contributed by atoms with Gasteiger partial charge in [0, 0.05) is 31.6 Å². The molecular formula is C15H18N2O4. The number of nitrogens with zero attached hydrogens (tertiary/aromatic N) is 1. The molecule has 1 saturated heterocycles. The second-order valence-electron chi connectivity index (χ2n) is 5.18. The van der Waals surface area contributed by atoms with Crippen LogP contribution in [0.3, 0.4) is 0 Å². The molecule has 112 valence electrons. The van der Waals surface area contributed by atoms with Gasteiger partial charge in [-0.05, 0) is 31.0 Å². The first-order valence-electron chi connectivity index (χ1n) is 6.87. The van der Waals surface area contributed by atoms with Crippen molar-refractivity contribution < 1.29 is 19.5 Å². The molecule has 0 saturated carbocycles. The lowest BCUT2D eigenvalue weighted by molar-refractivity contribution is -0.120. The van der Waals surface area contributed by atoms with E-state index in [1.165, 1.54) is 19.1 Å². The highest BCUT2D eigenvalue weighted by atomic mass is 16.4. The van der Waals surface area contributed by atoms with Crippen LogP contribution in [0.2, 0.25) is 0 Å². The number of hydrogen-bond donors (Lipinski definition) is 2. The summed E-state index contributed by atoms with van der Waals surface area (Å²) in [7, 11) is 0. The summed E-state index contributed by atoms with van der Waals surface area (Å²) in [6, 6.07) is 5.97. The van der Waals surface area contributed by atoms with Crippen molar-refractivity contribution in [1.29, 1.82) is 0 Å². The van der Waals surface area contributed by atoms with Crippen LogP contribution < -0.4 is 5.32 Å². The molecule has 1 atom stereocenters. The van der Waals surface area contributed by atoms with Crippen molar-refractivity contribution >= 4 is 17.8 Å². The Balaban J connectivity index is 2.10. The number of piperidine rings is 1. The van der Waals surface area contributed by atoms with Crippen LogP contribution in [0.15, 0.2) is 24.3 Å². The van der Waals surface area contributed by atoms with Gasteiger partial charge in [-0.15, -0.1) is 0 Å². The normalized spacial score (nSPS) is 18.1. The maximum atomic E-state index is 12.4. The Morgan fingerprint density at radius 3 is 2.67 bits per heavy atom. The summed E-state index contributed by atoms with van der Waals surface area (Å²) in [5, 5.41) is 11.8. The van der Waals surface area contributed by atoms with Gasteiger partial charge >= 0.3 is 5.97 Å². The molecule has 21 heavy (non-hydrogen) atoms. The molecular weight excluding hydrogens is 272 g/mol. The maximum Gasteiger partial charge on any atom is 0.335 e. The quantitative estimate of drug-likeness (QED) is 0.873. The highest BCUT2D eigenvalue weighted by Gasteiger charge is 2.25. The number of hydrogen-bond acceptors (Lipinski definition) is 3. The molecule has 1 aromatic rings. The van der Waals surface area contributed by atoms with E-state index in [0.717, 1.165) is 12.8 Å². The smallest absolute Gasteiger partial charge is 0.335 e. The van der Waals surface area contributed by atoms with Crippen LogP contribution in [-0.4, -0.2) is 46.9 Å². The van der Waals surface area contributed by atoms with Crippen molar-refractivity contribution in [3.8, 4) is 0 Å². The summed E-state index contributed by atoms with van der Waals surface area (Å²) < 4.78 is 0. The number of carbonyl (C=O) groups excluding carboxylic acids is 2. The SMILES string of the molecule is CC(=O)N[C@H]1CCCN(C(=O)c2cccc(C(=O)O)c2)C1. The van der Waals surface area contributed by atoms with E-state index in [1.807, 2.05) is 0 Å². The third-order valence-electron chi connectivity index (χ3n) is 3.47. The van der Waals surface area contributed by atoms with E-state index in [0.29, 0.717) is 18.7 Å². The molecule has 1 aromatic carbocycles. The minimum absolute atomic E-state index is 0.0390. The van der Waals surface area contributed by atoms with E-state index in [2.05, 4.69) is 5.32 Å². The molecule has 0 aromatic heterocycles. The molecule has 2 rings (SSSR count). The maximum absolute atomic E-state index is 12.4. The molecule has 0 radical (unpaired) electrons. The van der Waals surface area contributed by atoms with Crippen LogP contribution in [0.4, 0.5) is 0 Å². The fraction of sp³-hybridized carbons (Fsp3) is 0.400. The Kier molecular flexibility index (Phi) is 4.57. The molecule has 0 aliphatic carbocycles. The van der Waals surface area contributed by atoms with E-state index in [-0.39, 0.29) is 23.4 Å². The van der Waals surface area contributed by atoms with Crippen molar-refractivity contribution in [3.63, 3.8) is 0 Å². The average molecular weight is 290 g/mol. The van der Waals surface area contributed by atoms with Gasteiger partial charge in [-0.3, -0.25) is 9.59 Å². The molecule has 1 fully saturated rings. The van der Waals surface area contributed by atoms with Crippen LogP contribution in [0.5, 0.6) is 0 Å². The zero-order valence-corrected chi connectivity index (χ0v) is 11.8. The van der Waals surface area contributed by atoms with Crippen molar-refractivity contribution in [2.75, 3.05) is 13.1 Å². The van der Waals surface area contributed by atoms with Gasteiger partial charge in [0.2, 0.25) is 5.91 Å². The number of carboxylic acid groups (broad SMARTS) is 1. The standard InChI is InChI=1S/C15H18N2O4/c1-10(18)16-13-6-3-7-17(9-13)14(19)11-4-2-5-12(8-11)15(20)21/h2,4-5,8,13H,3,6-7,9H2,1H3,(H,16,18)(H,20,21)/t13-/m0/s1. The second-order valence-corrected chi connectivity index (χ2v) is 5.18. The van der Waals surface area contributed by atoms with E-state index >= 15 is 0 Å². The number of amides is 2. The lowest BCUT2D eigenvalue weighted by atomic mass is 10.0. The summed E-state index contributed by atoms with van der Waals surface area (Å²) in [5.41, 5.74) is 0.453. The third-order valence-corrected chi connectivity index (χ3v) is 3.47. The fourth-order valence-electron chi connectivity index (χ4n) is 2.53. The zero-order valence-electron chi connectivity index (χ0n) is 11.8. The molecule has 0 unspecified atom stereocenters. The molecule has 2 amide bonds. The number of benzene rings is 1. The van der Waals surface area contributed by atoms with Gasteiger partial charge in [-0.2, -0.15) is 0 Å². The van der Waals surface area contributed by atoms with Crippen LogP contribution in [0, 0.1) is 0 Å². The Morgan fingerprint density at radius 2 is 2.00 bits per heavy atom. The second kappa shape index (κ2) is 6.39. The Morgan fingerprint density at radius 1 is 1.29 bits per heavy atom. The largest absolute Gasteiger partial charge is 0.478 e. The van der Waals surface area contributed by atoms with E-state index < -0.39 is 5.97 Å². The monoisotopic (exact) mass is 290 g/mol. The van der Waals surface area contributed by atoms with Gasteiger partial charge in [0.15, 0.2) is 0 Å². The zero-order chi connectivity index (χ0) is 15.4. The third kappa shape index (κ3) is 3.81. The summed E-state index contributed by atoms with van der Waals surface area (Å²) in [5.74, 6) is -1.37. The molecule has 1 heterocycles. The van der Waals surface area contributed by atoms with Crippen molar-refractivity contribution in [2.45, 2.75) is 25.8 Å². The van der Waals surface area contributed by atoms with Gasteiger partial charge in [-0.25, -0.2) is 4.79 Å². The fourth-order valence-corrected chi connectivity index (χ4v) is 2.53. The Bertz CT molecular complexity index is 571. The van der Waals surface area contributed by atoms with Crippen molar-refractivity contribution in [3.05, 3.63) is 35.4 Å². The number of aromatic carboxylic acids is 1. The first-order chi connectivity index (χ1) is 9.97. The van der Waals surface area contributed by atoms with E-state index in [4.69, 9.17) is 5.11 Å². The van der Waals surface area contributed by atoms with Gasteiger partial charge < -0.3 is 15.3 Å². The van der Waals surface area contributed by atoms with Gasteiger partial charge in [0.05, 0.1) is 5.56 Å². The molecule has 2 N–H and O–H groups in total. The highest BCUT2D eigenvalue weighted by molar-refractivity contribution is 5.97. The minimum Gasteiger partial charge on any atom is -0.478 e. The average Bonchev–Trinajstić information content (AvgIpc) is 2.46. The Hall–Kier alpha value is -2.37. The van der Waals surface area contributed by atoms with Crippen molar-refractivity contribution in [2.24, 2.45) is 0 Å². The molecule has 0 spiro atoms. The first-order valence-corrected chi connectivity index (χ1v) is 6.87. The topological polar surface area (TPSA) is 86.7 Å². The van der Waals surface area contributed by atoms with Crippen LogP contribution >= 0.6 is 0 Å². The predicted octanol–water partition coefficient (Wildman–Crippen LogP) is 1.13. The van der Waals surface area contributed by atoms with Gasteiger partial charge in [0.25, 0.3) is 5.91 Å². The van der Waals surface area contributed by atoms with Gasteiger partial charge in [0.1, 0.15) is 0 Å². The predicted molar refractivity (Wildman–Crippen MR) is 76.1 cm³/mol. The van der Waals surface area contributed by atoms with Crippen LogP contribution in [0.1, 0.15) is 40.5 Å². The van der Waals surface area contributed by atoms with Crippen LogP contribution in [0.25, 0.3) is 0 Å². The molecule has 0 bridgehead atoms. The molecule has 1 aliphatic heterocycles. The molecule has 6 nitrogen and oxygen atoms in total. The van der Waals surface area contributed by atoms with Gasteiger partial charge in [-0.1, -0.05) is 6.07 Å². The lowest BCUT2D eigenvalue weighted by Crippen LogP contribution is -2.49. The summed E-state index contributed by atoms with van der Waals surface area (Å²) in [4.78, 5) is 36.1. The number of carbonyl (C=O) groups is 3. The van der Waals surface area contributed by atoms with Crippen LogP contribution in [-0.2, 0) is 4.79 Å².